The van der Waals surface area contributed by atoms with Gasteiger partial charge in [0.05, 0.1) is 6.54 Å². The van der Waals surface area contributed by atoms with Crippen LogP contribution in [0.5, 0.6) is 0 Å². The molecule has 90 valence electrons. The average Bonchev–Trinajstić information content (AvgIpc) is 2.64. The molecule has 4 nitrogen and oxygen atoms in total. The van der Waals surface area contributed by atoms with Crippen molar-refractivity contribution >= 4 is 0 Å². The maximum Gasteiger partial charge on any atom is 0.155 e. The summed E-state index contributed by atoms with van der Waals surface area (Å²) in [5.41, 5.74) is 9.40. The van der Waals surface area contributed by atoms with Crippen molar-refractivity contribution in [2.75, 3.05) is 0 Å². The Labute approximate surface area is 101 Å². The Hall–Kier alpha value is -1.68. The Bertz CT molecular complexity index is 528. The van der Waals surface area contributed by atoms with E-state index in [2.05, 4.69) is 42.1 Å². The van der Waals surface area contributed by atoms with E-state index >= 15 is 0 Å². The molecule has 2 rings (SSSR count). The van der Waals surface area contributed by atoms with Gasteiger partial charge in [0.25, 0.3) is 0 Å². The molecule has 2 aromatic rings. The monoisotopic (exact) mass is 230 g/mol. The highest BCUT2D eigenvalue weighted by atomic mass is 15.3. The maximum absolute atomic E-state index is 5.59. The van der Waals surface area contributed by atoms with Crippen molar-refractivity contribution in [3.8, 4) is 0 Å². The van der Waals surface area contributed by atoms with Gasteiger partial charge in [-0.05, 0) is 25.0 Å². The van der Waals surface area contributed by atoms with Gasteiger partial charge in [-0.25, -0.2) is 4.98 Å². The van der Waals surface area contributed by atoms with Gasteiger partial charge in [-0.15, -0.1) is 0 Å². The standard InChI is InChI=1S/C13H18N4/c1-9-4-5-10(2)11(6-9)7-12-15-13(8-14)17(3)16-12/h4-6H,7-8,14H2,1-3H3. The zero-order valence-corrected chi connectivity index (χ0v) is 10.6. The fraction of sp³-hybridized carbons (Fsp3) is 0.385. The number of nitrogens with zero attached hydrogens (tertiary/aromatic N) is 3. The molecule has 0 atom stereocenters. The van der Waals surface area contributed by atoms with E-state index in [0.29, 0.717) is 6.54 Å². The first-order valence-corrected chi connectivity index (χ1v) is 5.75. The molecule has 0 aliphatic rings. The third-order valence-corrected chi connectivity index (χ3v) is 2.93. The minimum absolute atomic E-state index is 0.427. The molecule has 0 aliphatic heterocycles. The first-order valence-electron chi connectivity index (χ1n) is 5.75. The lowest BCUT2D eigenvalue weighted by Crippen LogP contribution is -2.05. The van der Waals surface area contributed by atoms with Crippen molar-refractivity contribution in [2.24, 2.45) is 12.8 Å². The molecule has 0 radical (unpaired) electrons. The Morgan fingerprint density at radius 1 is 1.29 bits per heavy atom. The molecule has 0 saturated heterocycles. The molecule has 0 spiro atoms. The molecule has 2 N–H and O–H groups in total. The van der Waals surface area contributed by atoms with Crippen molar-refractivity contribution in [3.63, 3.8) is 0 Å². The van der Waals surface area contributed by atoms with Crippen molar-refractivity contribution in [2.45, 2.75) is 26.8 Å². The fourth-order valence-electron chi connectivity index (χ4n) is 1.89. The Kier molecular flexibility index (Phi) is 3.24. The first kappa shape index (κ1) is 11.8. The smallest absolute Gasteiger partial charge is 0.155 e. The molecule has 0 aliphatic carbocycles. The van der Waals surface area contributed by atoms with Gasteiger partial charge in [-0.3, -0.25) is 4.68 Å². The topological polar surface area (TPSA) is 56.7 Å². The second-order valence-corrected chi connectivity index (χ2v) is 4.38. The van der Waals surface area contributed by atoms with Gasteiger partial charge in [-0.2, -0.15) is 5.10 Å². The van der Waals surface area contributed by atoms with E-state index in [1.165, 1.54) is 16.7 Å². The van der Waals surface area contributed by atoms with Crippen molar-refractivity contribution in [1.82, 2.24) is 14.8 Å². The molecule has 0 bridgehead atoms. The lowest BCUT2D eigenvalue weighted by Gasteiger charge is -2.04. The molecule has 4 heteroatoms. The van der Waals surface area contributed by atoms with Crippen LogP contribution >= 0.6 is 0 Å². The van der Waals surface area contributed by atoms with Gasteiger partial charge in [0.15, 0.2) is 5.82 Å². The van der Waals surface area contributed by atoms with Gasteiger partial charge in [0.1, 0.15) is 5.82 Å². The molecule has 1 aromatic heterocycles. The van der Waals surface area contributed by atoms with Gasteiger partial charge >= 0.3 is 0 Å². The second kappa shape index (κ2) is 4.67. The van der Waals surface area contributed by atoms with Crippen LogP contribution in [-0.2, 0) is 20.0 Å². The molecule has 0 fully saturated rings. The first-order chi connectivity index (χ1) is 8.10. The highest BCUT2D eigenvalue weighted by Crippen LogP contribution is 2.14. The Balaban J connectivity index is 2.27. The van der Waals surface area contributed by atoms with Crippen LogP contribution in [0, 0.1) is 13.8 Å². The number of hydrogen-bond donors (Lipinski definition) is 1. The summed E-state index contributed by atoms with van der Waals surface area (Å²) in [4.78, 5) is 4.42. The highest BCUT2D eigenvalue weighted by molar-refractivity contribution is 5.32. The van der Waals surface area contributed by atoms with E-state index in [1.54, 1.807) is 4.68 Å². The molecule has 1 aromatic carbocycles. The number of hydrogen-bond acceptors (Lipinski definition) is 3. The number of nitrogens with two attached hydrogens (primary N) is 1. The predicted molar refractivity (Wildman–Crippen MR) is 67.6 cm³/mol. The predicted octanol–water partition coefficient (Wildman–Crippen LogP) is 1.48. The number of aryl methyl sites for hydroxylation is 3. The normalized spacial score (nSPS) is 10.8. The summed E-state index contributed by atoms with van der Waals surface area (Å²) in [5, 5.41) is 4.37. The average molecular weight is 230 g/mol. The third kappa shape index (κ3) is 2.53. The summed E-state index contributed by atoms with van der Waals surface area (Å²) in [6.45, 7) is 4.64. The van der Waals surface area contributed by atoms with E-state index in [4.69, 9.17) is 5.73 Å². The number of rotatable bonds is 3. The van der Waals surface area contributed by atoms with Gasteiger partial charge < -0.3 is 5.73 Å². The van der Waals surface area contributed by atoms with Crippen LogP contribution in [0.1, 0.15) is 28.3 Å². The summed E-state index contributed by atoms with van der Waals surface area (Å²) in [6, 6.07) is 6.45. The summed E-state index contributed by atoms with van der Waals surface area (Å²) in [6.07, 6.45) is 0.765. The van der Waals surface area contributed by atoms with Crippen molar-refractivity contribution in [3.05, 3.63) is 46.5 Å². The van der Waals surface area contributed by atoms with Crippen LogP contribution in [0.4, 0.5) is 0 Å². The molecule has 0 saturated carbocycles. The van der Waals surface area contributed by atoms with E-state index < -0.39 is 0 Å². The van der Waals surface area contributed by atoms with Crippen LogP contribution < -0.4 is 5.73 Å². The Morgan fingerprint density at radius 3 is 2.71 bits per heavy atom. The molecule has 0 unspecified atom stereocenters. The fourth-order valence-corrected chi connectivity index (χ4v) is 1.89. The highest BCUT2D eigenvalue weighted by Gasteiger charge is 2.08. The minimum atomic E-state index is 0.427. The summed E-state index contributed by atoms with van der Waals surface area (Å²) in [5.74, 6) is 1.66. The summed E-state index contributed by atoms with van der Waals surface area (Å²) >= 11 is 0. The van der Waals surface area contributed by atoms with Crippen LogP contribution in [0.3, 0.4) is 0 Å². The zero-order valence-electron chi connectivity index (χ0n) is 10.6. The second-order valence-electron chi connectivity index (χ2n) is 4.38. The molecule has 1 heterocycles. The maximum atomic E-state index is 5.59. The minimum Gasteiger partial charge on any atom is -0.324 e. The van der Waals surface area contributed by atoms with Gasteiger partial charge in [-0.1, -0.05) is 23.8 Å². The van der Waals surface area contributed by atoms with E-state index in [0.717, 1.165) is 18.1 Å². The summed E-state index contributed by atoms with van der Waals surface area (Å²) < 4.78 is 1.75. The number of aromatic nitrogens is 3. The van der Waals surface area contributed by atoms with Crippen LogP contribution in [-0.4, -0.2) is 14.8 Å². The van der Waals surface area contributed by atoms with E-state index in [9.17, 15) is 0 Å². The van der Waals surface area contributed by atoms with E-state index in [-0.39, 0.29) is 0 Å². The van der Waals surface area contributed by atoms with Crippen molar-refractivity contribution < 1.29 is 0 Å². The molecule has 0 amide bonds. The largest absolute Gasteiger partial charge is 0.324 e. The number of benzene rings is 1. The molecular formula is C13H18N4. The third-order valence-electron chi connectivity index (χ3n) is 2.93. The SMILES string of the molecule is Cc1ccc(C)c(Cc2nc(CN)n(C)n2)c1. The molecule has 17 heavy (non-hydrogen) atoms. The van der Waals surface area contributed by atoms with Crippen LogP contribution in [0.15, 0.2) is 18.2 Å². The van der Waals surface area contributed by atoms with Crippen molar-refractivity contribution in [1.29, 1.82) is 0 Å². The lowest BCUT2D eigenvalue weighted by molar-refractivity contribution is 0.696. The van der Waals surface area contributed by atoms with Crippen LogP contribution in [0.25, 0.3) is 0 Å². The van der Waals surface area contributed by atoms with Crippen LogP contribution in [0.2, 0.25) is 0 Å². The Morgan fingerprint density at radius 2 is 2.06 bits per heavy atom. The quantitative estimate of drug-likeness (QED) is 0.869. The molecular weight excluding hydrogens is 212 g/mol. The summed E-state index contributed by atoms with van der Waals surface area (Å²) in [7, 11) is 1.88. The lowest BCUT2D eigenvalue weighted by atomic mass is 10.0. The van der Waals surface area contributed by atoms with E-state index in [1.807, 2.05) is 7.05 Å². The zero-order chi connectivity index (χ0) is 12.4. The van der Waals surface area contributed by atoms with Gasteiger partial charge in [0.2, 0.25) is 0 Å². The van der Waals surface area contributed by atoms with Gasteiger partial charge in [0, 0.05) is 13.5 Å².